The molecule has 1 fully saturated rings. The van der Waals surface area contributed by atoms with E-state index in [1.54, 1.807) is 6.07 Å². The molecule has 1 N–H and O–H groups in total. The molecule has 0 saturated carbocycles. The summed E-state index contributed by atoms with van der Waals surface area (Å²) in [7, 11) is -3.09. The molecule has 1 aromatic heterocycles. The predicted octanol–water partition coefficient (Wildman–Crippen LogP) is 2.80. The quantitative estimate of drug-likeness (QED) is 0.603. The van der Waals surface area contributed by atoms with Gasteiger partial charge in [0.15, 0.2) is 16.4 Å². The molecule has 3 aromatic rings. The number of hydrogen-bond acceptors (Lipinski definition) is 6. The minimum absolute atomic E-state index is 0.0666. The van der Waals surface area contributed by atoms with E-state index in [0.29, 0.717) is 17.4 Å². The van der Waals surface area contributed by atoms with Gasteiger partial charge in [-0.15, -0.1) is 0 Å². The van der Waals surface area contributed by atoms with Crippen molar-refractivity contribution in [2.75, 3.05) is 18.1 Å². The molecule has 2 heterocycles. The maximum atomic E-state index is 12.1. The highest BCUT2D eigenvalue weighted by Gasteiger charge is 2.29. The van der Waals surface area contributed by atoms with E-state index in [2.05, 4.69) is 5.32 Å². The third kappa shape index (κ3) is 4.49. The van der Waals surface area contributed by atoms with Crippen molar-refractivity contribution in [3.05, 3.63) is 64.0 Å². The zero-order chi connectivity index (χ0) is 21.3. The first-order valence-corrected chi connectivity index (χ1v) is 11.5. The van der Waals surface area contributed by atoms with Crippen LogP contribution < -0.4 is 15.7 Å². The fraction of sp³-hybridized carbons (Fsp3) is 0.238. The number of carbonyl (C=O) groups excluding carboxylic acids is 1. The Labute approximate surface area is 177 Å². The summed E-state index contributed by atoms with van der Waals surface area (Å²) in [5.41, 5.74) is 1.28. The van der Waals surface area contributed by atoms with Gasteiger partial charge in [-0.2, -0.15) is 0 Å². The number of benzene rings is 2. The third-order valence-electron chi connectivity index (χ3n) is 4.84. The number of fused-ring (bicyclic) bond motifs is 1. The van der Waals surface area contributed by atoms with Gasteiger partial charge in [-0.1, -0.05) is 41.9 Å². The second-order valence-electron chi connectivity index (χ2n) is 7.08. The highest BCUT2D eigenvalue weighted by Crippen LogP contribution is 2.34. The molecule has 1 atom stereocenters. The number of halogens is 1. The van der Waals surface area contributed by atoms with E-state index in [1.807, 2.05) is 30.3 Å². The van der Waals surface area contributed by atoms with Crippen molar-refractivity contribution in [1.82, 2.24) is 5.32 Å². The van der Waals surface area contributed by atoms with Gasteiger partial charge < -0.3 is 14.5 Å². The van der Waals surface area contributed by atoms with Gasteiger partial charge in [-0.05, 0) is 23.6 Å². The van der Waals surface area contributed by atoms with Crippen molar-refractivity contribution in [3.8, 4) is 16.9 Å². The van der Waals surface area contributed by atoms with Crippen molar-refractivity contribution in [3.63, 3.8) is 0 Å². The van der Waals surface area contributed by atoms with Gasteiger partial charge in [-0.25, -0.2) is 13.2 Å². The van der Waals surface area contributed by atoms with E-state index in [1.165, 1.54) is 12.1 Å². The number of hydrogen-bond donors (Lipinski definition) is 1. The summed E-state index contributed by atoms with van der Waals surface area (Å²) in [5.74, 6) is -0.263. The Bertz CT molecular complexity index is 1270. The number of nitrogens with one attached hydrogen (secondary N) is 1. The van der Waals surface area contributed by atoms with Crippen LogP contribution in [-0.4, -0.2) is 38.5 Å². The monoisotopic (exact) mass is 447 g/mol. The van der Waals surface area contributed by atoms with Gasteiger partial charge in [0.1, 0.15) is 11.3 Å². The highest BCUT2D eigenvalue weighted by atomic mass is 35.5. The van der Waals surface area contributed by atoms with E-state index >= 15 is 0 Å². The maximum absolute atomic E-state index is 12.1. The van der Waals surface area contributed by atoms with Crippen molar-refractivity contribution < 1.29 is 22.4 Å². The molecule has 1 unspecified atom stereocenters. The molecular weight excluding hydrogens is 430 g/mol. The van der Waals surface area contributed by atoms with E-state index in [0.717, 1.165) is 5.56 Å². The number of carbonyl (C=O) groups is 1. The molecule has 0 aliphatic carbocycles. The number of sulfone groups is 1. The largest absolute Gasteiger partial charge is 0.482 e. The fourth-order valence-electron chi connectivity index (χ4n) is 3.45. The molecule has 9 heteroatoms. The SMILES string of the molecule is O=C(COc1cc2oc(=O)cc(-c3ccccc3)c2cc1Cl)NC1CCS(=O)(=O)C1. The van der Waals surface area contributed by atoms with Crippen LogP contribution in [0.25, 0.3) is 22.1 Å². The molecule has 1 aliphatic heterocycles. The number of rotatable bonds is 5. The second-order valence-corrected chi connectivity index (χ2v) is 9.72. The Kier molecular flexibility index (Phi) is 5.53. The van der Waals surface area contributed by atoms with Crippen molar-refractivity contribution in [2.45, 2.75) is 12.5 Å². The summed E-state index contributed by atoms with van der Waals surface area (Å²) in [6.45, 7) is -0.343. The minimum Gasteiger partial charge on any atom is -0.482 e. The van der Waals surface area contributed by atoms with E-state index in [9.17, 15) is 18.0 Å². The first-order valence-electron chi connectivity index (χ1n) is 9.26. The van der Waals surface area contributed by atoms with Gasteiger partial charge >= 0.3 is 5.63 Å². The summed E-state index contributed by atoms with van der Waals surface area (Å²) in [5, 5.41) is 3.53. The van der Waals surface area contributed by atoms with Gasteiger partial charge in [0, 0.05) is 23.6 Å². The topological polar surface area (TPSA) is 103 Å². The molecular formula is C21H18ClNO6S. The predicted molar refractivity (Wildman–Crippen MR) is 114 cm³/mol. The molecule has 1 aliphatic rings. The van der Waals surface area contributed by atoms with E-state index < -0.39 is 27.4 Å². The molecule has 0 spiro atoms. The maximum Gasteiger partial charge on any atom is 0.336 e. The number of ether oxygens (including phenoxy) is 1. The molecule has 0 bridgehead atoms. The minimum atomic E-state index is -3.09. The van der Waals surface area contributed by atoms with Crippen LogP contribution in [0.5, 0.6) is 5.75 Å². The van der Waals surface area contributed by atoms with Crippen molar-refractivity contribution in [2.24, 2.45) is 0 Å². The van der Waals surface area contributed by atoms with Gasteiger partial charge in [0.25, 0.3) is 5.91 Å². The molecule has 1 amide bonds. The normalized spacial score (nSPS) is 17.7. The van der Waals surface area contributed by atoms with Crippen LogP contribution in [0.1, 0.15) is 6.42 Å². The summed E-state index contributed by atoms with van der Waals surface area (Å²) < 4.78 is 33.8. The lowest BCUT2D eigenvalue weighted by atomic mass is 10.0. The van der Waals surface area contributed by atoms with E-state index in [-0.39, 0.29) is 34.5 Å². The zero-order valence-electron chi connectivity index (χ0n) is 15.8. The Balaban J connectivity index is 1.55. The smallest absolute Gasteiger partial charge is 0.336 e. The second kappa shape index (κ2) is 8.12. The lowest BCUT2D eigenvalue weighted by molar-refractivity contribution is -0.123. The molecule has 2 aromatic carbocycles. The molecule has 4 rings (SSSR count). The first kappa shape index (κ1) is 20.4. The summed E-state index contributed by atoms with van der Waals surface area (Å²) in [6, 6.07) is 13.4. The number of amides is 1. The van der Waals surface area contributed by atoms with Crippen LogP contribution in [0, 0.1) is 0 Å². The molecule has 1 saturated heterocycles. The highest BCUT2D eigenvalue weighted by molar-refractivity contribution is 7.91. The molecule has 0 radical (unpaired) electrons. The first-order chi connectivity index (χ1) is 14.3. The zero-order valence-corrected chi connectivity index (χ0v) is 17.3. The van der Waals surface area contributed by atoms with Crippen molar-refractivity contribution >= 4 is 38.3 Å². The van der Waals surface area contributed by atoms with Gasteiger partial charge in [-0.3, -0.25) is 4.79 Å². The summed E-state index contributed by atoms with van der Waals surface area (Å²) in [4.78, 5) is 24.1. The Morgan fingerprint density at radius 1 is 1.20 bits per heavy atom. The van der Waals surface area contributed by atoms with Gasteiger partial charge in [0.05, 0.1) is 16.5 Å². The van der Waals surface area contributed by atoms with Crippen LogP contribution >= 0.6 is 11.6 Å². The lowest BCUT2D eigenvalue weighted by Crippen LogP contribution is -2.38. The third-order valence-corrected chi connectivity index (χ3v) is 6.90. The Morgan fingerprint density at radius 3 is 2.67 bits per heavy atom. The van der Waals surface area contributed by atoms with Gasteiger partial charge in [0.2, 0.25) is 0 Å². The lowest BCUT2D eigenvalue weighted by Gasteiger charge is -2.13. The van der Waals surface area contributed by atoms with Crippen LogP contribution in [0.2, 0.25) is 5.02 Å². The molecule has 7 nitrogen and oxygen atoms in total. The average molecular weight is 448 g/mol. The average Bonchev–Trinajstić information content (AvgIpc) is 3.05. The molecule has 30 heavy (non-hydrogen) atoms. The summed E-state index contributed by atoms with van der Waals surface area (Å²) in [6.07, 6.45) is 0.387. The van der Waals surface area contributed by atoms with E-state index in [4.69, 9.17) is 20.8 Å². The Hall–Kier alpha value is -2.84. The summed E-state index contributed by atoms with van der Waals surface area (Å²) >= 11 is 6.34. The van der Waals surface area contributed by atoms with Crippen LogP contribution in [0.3, 0.4) is 0 Å². The van der Waals surface area contributed by atoms with Crippen LogP contribution in [0.4, 0.5) is 0 Å². The fourth-order valence-corrected chi connectivity index (χ4v) is 5.34. The van der Waals surface area contributed by atoms with Crippen molar-refractivity contribution in [1.29, 1.82) is 0 Å². The van der Waals surface area contributed by atoms with Crippen LogP contribution in [-0.2, 0) is 14.6 Å². The Morgan fingerprint density at radius 2 is 1.97 bits per heavy atom. The van der Waals surface area contributed by atoms with Crippen LogP contribution in [0.15, 0.2) is 57.7 Å². The standard InChI is InChI=1S/C21H18ClNO6S/c22-17-8-16-15(13-4-2-1-3-5-13)9-21(25)29-18(16)10-19(17)28-11-20(24)23-14-6-7-30(26,27)12-14/h1-5,8-10,14H,6-7,11-12H2,(H,23,24). The molecule has 156 valence electrons.